The molecule has 5 heteroatoms. The third-order valence-corrected chi connectivity index (χ3v) is 7.07. The highest BCUT2D eigenvalue weighted by molar-refractivity contribution is 6.67. The maximum absolute atomic E-state index is 10.9. The molecule has 0 fully saturated rings. The zero-order valence-electron chi connectivity index (χ0n) is 13.3. The fourth-order valence-electron chi connectivity index (χ4n) is 2.27. The summed E-state index contributed by atoms with van der Waals surface area (Å²) in [7, 11) is -2.01. The van der Waals surface area contributed by atoms with Gasteiger partial charge in [-0.25, -0.2) is 4.79 Å². The van der Waals surface area contributed by atoms with Crippen LogP contribution in [0.25, 0.3) is 0 Å². The number of hydrogen-bond donors (Lipinski definition) is 0. The van der Waals surface area contributed by atoms with Crippen molar-refractivity contribution in [1.29, 1.82) is 0 Å². The van der Waals surface area contributed by atoms with E-state index in [-0.39, 0.29) is 5.97 Å². The number of carbonyl (C=O) groups is 1. The van der Waals surface area contributed by atoms with E-state index < -0.39 is 8.56 Å². The van der Waals surface area contributed by atoms with Crippen molar-refractivity contribution in [1.82, 2.24) is 0 Å². The Labute approximate surface area is 124 Å². The molecular formula is C15H30O4Si. The molecular weight excluding hydrogens is 272 g/mol. The van der Waals surface area contributed by atoms with Crippen LogP contribution in [0.2, 0.25) is 12.1 Å². The van der Waals surface area contributed by atoms with Gasteiger partial charge >= 0.3 is 14.5 Å². The largest absolute Gasteiger partial charge is 0.463 e. The molecule has 0 rings (SSSR count). The molecule has 0 aromatic heterocycles. The first kappa shape index (κ1) is 19.3. The Hall–Kier alpha value is -0.653. The van der Waals surface area contributed by atoms with Crippen molar-refractivity contribution in [3.05, 3.63) is 12.7 Å². The Bertz CT molecular complexity index is 252. The van der Waals surface area contributed by atoms with E-state index in [9.17, 15) is 4.79 Å². The van der Waals surface area contributed by atoms with Gasteiger partial charge in [-0.15, -0.1) is 0 Å². The van der Waals surface area contributed by atoms with Crippen LogP contribution in [0.1, 0.15) is 46.5 Å². The molecule has 20 heavy (non-hydrogen) atoms. The van der Waals surface area contributed by atoms with E-state index in [1.165, 1.54) is 6.08 Å². The number of rotatable bonds is 13. The minimum atomic E-state index is -2.01. The fraction of sp³-hybridized carbons (Fsp3) is 0.800. The topological polar surface area (TPSA) is 44.8 Å². The van der Waals surface area contributed by atoms with Crippen LogP contribution in [0.3, 0.4) is 0 Å². The molecule has 0 saturated carbocycles. The SMILES string of the molecule is C=CC(=O)OCCCCC[Si](CCC)(OCC)OCC. The number of carbonyl (C=O) groups excluding carboxylic acids is 1. The third kappa shape index (κ3) is 8.50. The maximum atomic E-state index is 10.9. The Morgan fingerprint density at radius 3 is 2.20 bits per heavy atom. The number of ether oxygens (including phenoxy) is 1. The van der Waals surface area contributed by atoms with Crippen LogP contribution in [0.5, 0.6) is 0 Å². The molecule has 0 aliphatic heterocycles. The number of hydrogen-bond acceptors (Lipinski definition) is 4. The molecule has 118 valence electrons. The van der Waals surface area contributed by atoms with E-state index in [2.05, 4.69) is 13.5 Å². The van der Waals surface area contributed by atoms with Crippen molar-refractivity contribution in [3.63, 3.8) is 0 Å². The van der Waals surface area contributed by atoms with E-state index >= 15 is 0 Å². The lowest BCUT2D eigenvalue weighted by molar-refractivity contribution is -0.137. The molecule has 0 aromatic rings. The molecule has 0 aliphatic carbocycles. The molecule has 0 bridgehead atoms. The van der Waals surface area contributed by atoms with Gasteiger partial charge in [0.15, 0.2) is 0 Å². The van der Waals surface area contributed by atoms with Gasteiger partial charge in [-0.3, -0.25) is 0 Å². The zero-order chi connectivity index (χ0) is 15.3. The highest BCUT2D eigenvalue weighted by Crippen LogP contribution is 2.24. The van der Waals surface area contributed by atoms with E-state index in [0.717, 1.165) is 51.0 Å². The van der Waals surface area contributed by atoms with Crippen molar-refractivity contribution in [2.75, 3.05) is 19.8 Å². The van der Waals surface area contributed by atoms with Gasteiger partial charge in [0.25, 0.3) is 0 Å². The van der Waals surface area contributed by atoms with Gasteiger partial charge in [0, 0.05) is 19.3 Å². The quantitative estimate of drug-likeness (QED) is 0.225. The lowest BCUT2D eigenvalue weighted by Gasteiger charge is -2.29. The van der Waals surface area contributed by atoms with Gasteiger partial charge < -0.3 is 13.6 Å². The highest BCUT2D eigenvalue weighted by Gasteiger charge is 2.35. The summed E-state index contributed by atoms with van der Waals surface area (Å²) in [5.74, 6) is -0.344. The van der Waals surface area contributed by atoms with Gasteiger partial charge in [-0.2, -0.15) is 0 Å². The summed E-state index contributed by atoms with van der Waals surface area (Å²) in [6.07, 6.45) is 5.28. The Morgan fingerprint density at radius 1 is 1.05 bits per heavy atom. The predicted molar refractivity (Wildman–Crippen MR) is 83.9 cm³/mol. The molecule has 0 aromatic carbocycles. The molecule has 0 heterocycles. The van der Waals surface area contributed by atoms with Crippen molar-refractivity contribution in [3.8, 4) is 0 Å². The van der Waals surface area contributed by atoms with Crippen LogP contribution in [0, 0.1) is 0 Å². The second-order valence-electron chi connectivity index (χ2n) is 4.71. The molecule has 0 unspecified atom stereocenters. The van der Waals surface area contributed by atoms with Gasteiger partial charge in [-0.1, -0.05) is 32.8 Å². The molecule has 0 saturated heterocycles. The summed E-state index contributed by atoms with van der Waals surface area (Å²) in [6, 6.07) is 2.08. The van der Waals surface area contributed by atoms with E-state index in [0.29, 0.717) is 6.61 Å². The summed E-state index contributed by atoms with van der Waals surface area (Å²) >= 11 is 0. The van der Waals surface area contributed by atoms with Crippen LogP contribution in [0.4, 0.5) is 0 Å². The lowest BCUT2D eigenvalue weighted by atomic mass is 10.3. The molecule has 4 nitrogen and oxygen atoms in total. The first-order valence-corrected chi connectivity index (χ1v) is 9.94. The molecule has 0 atom stereocenters. The second-order valence-corrected chi connectivity index (χ2v) is 8.11. The van der Waals surface area contributed by atoms with Crippen LogP contribution < -0.4 is 0 Å². The van der Waals surface area contributed by atoms with Gasteiger partial charge in [0.05, 0.1) is 6.61 Å². The van der Waals surface area contributed by atoms with Crippen LogP contribution >= 0.6 is 0 Å². The fourth-order valence-corrected chi connectivity index (χ4v) is 5.78. The van der Waals surface area contributed by atoms with Crippen LogP contribution in [0.15, 0.2) is 12.7 Å². The molecule has 0 amide bonds. The minimum absolute atomic E-state index is 0.344. The number of unbranched alkanes of at least 4 members (excludes halogenated alkanes) is 2. The van der Waals surface area contributed by atoms with Gasteiger partial charge in [0.1, 0.15) is 0 Å². The van der Waals surface area contributed by atoms with Gasteiger partial charge in [-0.05, 0) is 32.4 Å². The minimum Gasteiger partial charge on any atom is -0.463 e. The molecule has 0 radical (unpaired) electrons. The van der Waals surface area contributed by atoms with Crippen molar-refractivity contribution < 1.29 is 18.4 Å². The molecule has 0 spiro atoms. The molecule has 0 N–H and O–H groups in total. The summed E-state index contributed by atoms with van der Waals surface area (Å²) in [6.45, 7) is 11.5. The normalized spacial score (nSPS) is 11.3. The molecule has 0 aliphatic rings. The van der Waals surface area contributed by atoms with Crippen molar-refractivity contribution >= 4 is 14.5 Å². The standard InChI is InChI=1S/C15H30O4Si/c1-5-13-20(18-7-3,19-8-4)14-11-9-10-12-17-15(16)6-2/h6H,2,5,7-14H2,1,3-4H3. The van der Waals surface area contributed by atoms with Crippen molar-refractivity contribution in [2.24, 2.45) is 0 Å². The predicted octanol–water partition coefficient (Wildman–Crippen LogP) is 3.81. The smallest absolute Gasteiger partial charge is 0.338 e. The van der Waals surface area contributed by atoms with Gasteiger partial charge in [0.2, 0.25) is 0 Å². The average molecular weight is 302 g/mol. The maximum Gasteiger partial charge on any atom is 0.338 e. The van der Waals surface area contributed by atoms with E-state index in [4.69, 9.17) is 13.6 Å². The monoisotopic (exact) mass is 302 g/mol. The Kier molecular flexibility index (Phi) is 11.7. The highest BCUT2D eigenvalue weighted by atomic mass is 28.4. The third-order valence-electron chi connectivity index (χ3n) is 3.06. The first-order valence-electron chi connectivity index (χ1n) is 7.71. The van der Waals surface area contributed by atoms with E-state index in [1.54, 1.807) is 0 Å². The lowest BCUT2D eigenvalue weighted by Crippen LogP contribution is -2.42. The summed E-state index contributed by atoms with van der Waals surface area (Å²) in [5, 5.41) is 0. The Balaban J connectivity index is 3.99. The first-order chi connectivity index (χ1) is 9.64. The zero-order valence-corrected chi connectivity index (χ0v) is 14.3. The summed E-state index contributed by atoms with van der Waals surface area (Å²) in [5.41, 5.74) is 0. The summed E-state index contributed by atoms with van der Waals surface area (Å²) < 4.78 is 16.9. The summed E-state index contributed by atoms with van der Waals surface area (Å²) in [4.78, 5) is 10.9. The van der Waals surface area contributed by atoms with Crippen molar-refractivity contribution in [2.45, 2.75) is 58.5 Å². The number of esters is 1. The van der Waals surface area contributed by atoms with Crippen LogP contribution in [-0.4, -0.2) is 34.4 Å². The average Bonchev–Trinajstić information content (AvgIpc) is 2.43. The van der Waals surface area contributed by atoms with Crippen LogP contribution in [-0.2, 0) is 18.4 Å². The second kappa shape index (κ2) is 12.1. The Morgan fingerprint density at radius 2 is 1.70 bits per heavy atom. The van der Waals surface area contributed by atoms with E-state index in [1.807, 2.05) is 13.8 Å².